The van der Waals surface area contributed by atoms with Crippen molar-refractivity contribution in [2.24, 2.45) is 46.3 Å². The van der Waals surface area contributed by atoms with Crippen LogP contribution < -0.4 is 0 Å². The standard InChI is InChI=1S/C22H38O2/c1-14(24)18-6-7-19-17-5-4-16-12-15(13-23)8-10-21(16,2)20(17)9-11-22(18,19)3/h14-20,23-24H,4-13H2,1-3H3. The van der Waals surface area contributed by atoms with Gasteiger partial charge in [0.25, 0.3) is 0 Å². The lowest BCUT2D eigenvalue weighted by atomic mass is 9.44. The molecule has 4 aliphatic carbocycles. The van der Waals surface area contributed by atoms with Gasteiger partial charge < -0.3 is 10.2 Å². The van der Waals surface area contributed by atoms with Crippen molar-refractivity contribution in [1.82, 2.24) is 0 Å². The van der Waals surface area contributed by atoms with Crippen molar-refractivity contribution in [1.29, 1.82) is 0 Å². The summed E-state index contributed by atoms with van der Waals surface area (Å²) in [6.45, 7) is 7.54. The van der Waals surface area contributed by atoms with Crippen molar-refractivity contribution in [3.05, 3.63) is 0 Å². The zero-order valence-corrected chi connectivity index (χ0v) is 16.0. The van der Waals surface area contributed by atoms with Crippen LogP contribution in [0.1, 0.15) is 78.6 Å². The summed E-state index contributed by atoms with van der Waals surface area (Å²) < 4.78 is 0. The van der Waals surface area contributed by atoms with Crippen LogP contribution in [0.4, 0.5) is 0 Å². The van der Waals surface area contributed by atoms with Crippen LogP contribution in [0.25, 0.3) is 0 Å². The Morgan fingerprint density at radius 3 is 2.33 bits per heavy atom. The molecule has 4 saturated carbocycles. The molecular weight excluding hydrogens is 296 g/mol. The van der Waals surface area contributed by atoms with Crippen LogP contribution in [0.2, 0.25) is 0 Å². The van der Waals surface area contributed by atoms with Gasteiger partial charge >= 0.3 is 0 Å². The number of fused-ring (bicyclic) bond motifs is 5. The monoisotopic (exact) mass is 334 g/mol. The second kappa shape index (κ2) is 5.98. The third-order valence-electron chi connectivity index (χ3n) is 9.69. The van der Waals surface area contributed by atoms with Gasteiger partial charge in [0.1, 0.15) is 0 Å². The molecule has 2 heteroatoms. The van der Waals surface area contributed by atoms with Crippen molar-refractivity contribution >= 4 is 0 Å². The molecule has 0 radical (unpaired) electrons. The van der Waals surface area contributed by atoms with Crippen molar-refractivity contribution in [3.8, 4) is 0 Å². The van der Waals surface area contributed by atoms with E-state index in [0.29, 0.717) is 29.3 Å². The van der Waals surface area contributed by atoms with E-state index in [1.54, 1.807) is 0 Å². The summed E-state index contributed by atoms with van der Waals surface area (Å²) in [6, 6.07) is 0. The smallest absolute Gasteiger partial charge is 0.0545 e. The van der Waals surface area contributed by atoms with Gasteiger partial charge in [-0.3, -0.25) is 0 Å². The van der Waals surface area contributed by atoms with Crippen molar-refractivity contribution < 1.29 is 10.2 Å². The van der Waals surface area contributed by atoms with E-state index in [1.165, 1.54) is 57.8 Å². The van der Waals surface area contributed by atoms with Crippen LogP contribution in [0.15, 0.2) is 0 Å². The van der Waals surface area contributed by atoms with Crippen molar-refractivity contribution in [3.63, 3.8) is 0 Å². The van der Waals surface area contributed by atoms with Gasteiger partial charge in [-0.15, -0.1) is 0 Å². The molecule has 0 amide bonds. The Morgan fingerprint density at radius 1 is 0.917 bits per heavy atom. The molecule has 0 spiro atoms. The number of aliphatic hydroxyl groups is 2. The highest BCUT2D eigenvalue weighted by Crippen LogP contribution is 2.68. The molecule has 4 fully saturated rings. The van der Waals surface area contributed by atoms with E-state index in [-0.39, 0.29) is 6.10 Å². The van der Waals surface area contributed by atoms with Gasteiger partial charge in [-0.1, -0.05) is 13.8 Å². The Labute approximate surface area is 148 Å². The van der Waals surface area contributed by atoms with E-state index < -0.39 is 0 Å². The minimum Gasteiger partial charge on any atom is -0.396 e. The average Bonchev–Trinajstić information content (AvgIpc) is 2.91. The Kier molecular flexibility index (Phi) is 4.32. The fourth-order valence-corrected chi connectivity index (χ4v) is 8.35. The van der Waals surface area contributed by atoms with Gasteiger partial charge in [0, 0.05) is 6.61 Å². The summed E-state index contributed by atoms with van der Waals surface area (Å²) in [5, 5.41) is 19.9. The molecule has 4 rings (SSSR count). The van der Waals surface area contributed by atoms with E-state index in [0.717, 1.165) is 23.7 Å². The molecule has 0 aromatic heterocycles. The fourth-order valence-electron chi connectivity index (χ4n) is 8.35. The molecule has 138 valence electrons. The molecule has 4 aliphatic rings. The maximum Gasteiger partial charge on any atom is 0.0545 e. The highest BCUT2D eigenvalue weighted by atomic mass is 16.3. The number of hydrogen-bond acceptors (Lipinski definition) is 2. The van der Waals surface area contributed by atoms with E-state index in [2.05, 4.69) is 13.8 Å². The predicted molar refractivity (Wildman–Crippen MR) is 97.5 cm³/mol. The molecule has 0 aromatic rings. The van der Waals surface area contributed by atoms with Gasteiger partial charge in [-0.25, -0.2) is 0 Å². The first-order chi connectivity index (χ1) is 11.4. The first kappa shape index (κ1) is 17.3. The second-order valence-electron chi connectivity index (χ2n) is 10.4. The van der Waals surface area contributed by atoms with E-state index in [9.17, 15) is 10.2 Å². The SMILES string of the molecule is CC(O)C1CCC2C3CCC4CC(CO)CCC4(C)C3CCC12C. The van der Waals surface area contributed by atoms with Crippen LogP contribution in [-0.2, 0) is 0 Å². The lowest BCUT2D eigenvalue weighted by Crippen LogP contribution is -2.54. The number of hydrogen-bond donors (Lipinski definition) is 2. The highest BCUT2D eigenvalue weighted by Gasteiger charge is 2.60. The third kappa shape index (κ3) is 2.35. The van der Waals surface area contributed by atoms with Gasteiger partial charge in [-0.2, -0.15) is 0 Å². The summed E-state index contributed by atoms with van der Waals surface area (Å²) in [5.74, 6) is 4.60. The predicted octanol–water partition coefficient (Wildman–Crippen LogP) is 4.63. The normalized spacial score (nSPS) is 55.4. The molecule has 9 unspecified atom stereocenters. The van der Waals surface area contributed by atoms with E-state index in [4.69, 9.17) is 0 Å². The van der Waals surface area contributed by atoms with Crippen LogP contribution >= 0.6 is 0 Å². The fraction of sp³-hybridized carbons (Fsp3) is 1.00. The number of rotatable bonds is 2. The van der Waals surface area contributed by atoms with Gasteiger partial charge in [-0.05, 0) is 111 Å². The Bertz CT molecular complexity index is 475. The third-order valence-corrected chi connectivity index (χ3v) is 9.69. The minimum absolute atomic E-state index is 0.136. The Balaban J connectivity index is 1.58. The Morgan fingerprint density at radius 2 is 1.62 bits per heavy atom. The molecule has 0 saturated heterocycles. The van der Waals surface area contributed by atoms with Crippen molar-refractivity contribution in [2.75, 3.05) is 6.61 Å². The van der Waals surface area contributed by atoms with Crippen LogP contribution in [0.5, 0.6) is 0 Å². The molecule has 2 N–H and O–H groups in total. The largest absolute Gasteiger partial charge is 0.396 e. The lowest BCUT2D eigenvalue weighted by Gasteiger charge is -2.61. The molecule has 24 heavy (non-hydrogen) atoms. The molecule has 2 nitrogen and oxygen atoms in total. The minimum atomic E-state index is -0.136. The highest BCUT2D eigenvalue weighted by molar-refractivity contribution is 5.09. The molecular formula is C22H38O2. The van der Waals surface area contributed by atoms with Crippen molar-refractivity contribution in [2.45, 2.75) is 84.7 Å². The molecule has 9 atom stereocenters. The average molecular weight is 335 g/mol. The maximum atomic E-state index is 10.3. The summed E-state index contributed by atoms with van der Waals surface area (Å²) in [7, 11) is 0. The van der Waals surface area contributed by atoms with Crippen LogP contribution in [0, 0.1) is 46.3 Å². The summed E-state index contributed by atoms with van der Waals surface area (Å²) in [5.41, 5.74) is 0.916. The topological polar surface area (TPSA) is 40.5 Å². The first-order valence-corrected chi connectivity index (χ1v) is 10.7. The van der Waals surface area contributed by atoms with Gasteiger partial charge in [0.05, 0.1) is 6.10 Å². The first-order valence-electron chi connectivity index (χ1n) is 10.7. The summed E-state index contributed by atoms with van der Waals surface area (Å²) >= 11 is 0. The molecule has 0 bridgehead atoms. The summed E-state index contributed by atoms with van der Waals surface area (Å²) in [6.07, 6.45) is 11.8. The van der Waals surface area contributed by atoms with E-state index >= 15 is 0 Å². The quantitative estimate of drug-likeness (QED) is 0.772. The molecule has 0 aromatic carbocycles. The summed E-state index contributed by atoms with van der Waals surface area (Å²) in [4.78, 5) is 0. The van der Waals surface area contributed by atoms with Crippen LogP contribution in [0.3, 0.4) is 0 Å². The van der Waals surface area contributed by atoms with E-state index in [1.807, 2.05) is 6.92 Å². The van der Waals surface area contributed by atoms with Crippen LogP contribution in [-0.4, -0.2) is 22.9 Å². The number of aliphatic hydroxyl groups excluding tert-OH is 2. The molecule has 0 aliphatic heterocycles. The van der Waals surface area contributed by atoms with Gasteiger partial charge in [0.2, 0.25) is 0 Å². The second-order valence-corrected chi connectivity index (χ2v) is 10.4. The molecule has 0 heterocycles. The van der Waals surface area contributed by atoms with Gasteiger partial charge in [0.15, 0.2) is 0 Å². The zero-order chi connectivity index (χ0) is 17.1. The maximum absolute atomic E-state index is 10.3. The lowest BCUT2D eigenvalue weighted by molar-refractivity contribution is -0.126. The Hall–Kier alpha value is -0.0800. The zero-order valence-electron chi connectivity index (χ0n) is 16.0.